The van der Waals surface area contributed by atoms with Gasteiger partial charge in [0, 0.05) is 18.3 Å². The Balaban J connectivity index is 2.21. The fourth-order valence-electron chi connectivity index (χ4n) is 4.65. The molecule has 6 N–H and O–H groups in total. The summed E-state index contributed by atoms with van der Waals surface area (Å²) in [5, 5.41) is 20.2. The molecule has 4 amide bonds. The molecule has 2 rings (SSSR count). The number of hydrogen-bond acceptors (Lipinski definition) is 7. The molecule has 0 saturated carbocycles. The van der Waals surface area contributed by atoms with Gasteiger partial charge in [0.2, 0.25) is 17.7 Å². The summed E-state index contributed by atoms with van der Waals surface area (Å²) < 4.78 is 5.31. The maximum atomic E-state index is 13.7. The number of carboxylic acids is 1. The van der Waals surface area contributed by atoms with E-state index in [9.17, 15) is 29.1 Å². The van der Waals surface area contributed by atoms with E-state index in [-0.39, 0.29) is 50.0 Å². The normalized spacial score (nSPS) is 13.9. The van der Waals surface area contributed by atoms with Crippen LogP contribution < -0.4 is 21.3 Å². The van der Waals surface area contributed by atoms with Crippen molar-refractivity contribution in [2.75, 3.05) is 0 Å². The molecule has 0 unspecified atom stereocenters. The highest BCUT2D eigenvalue weighted by Crippen LogP contribution is 2.11. The van der Waals surface area contributed by atoms with Crippen molar-refractivity contribution in [1.29, 1.82) is 0 Å². The zero-order chi connectivity index (χ0) is 33.5. The van der Waals surface area contributed by atoms with Gasteiger partial charge in [-0.25, -0.2) is 14.6 Å². The van der Waals surface area contributed by atoms with Crippen LogP contribution in [0.15, 0.2) is 42.9 Å². The van der Waals surface area contributed by atoms with E-state index in [1.54, 1.807) is 0 Å². The number of H-pyrrole nitrogens is 1. The first kappa shape index (κ1) is 36.8. The van der Waals surface area contributed by atoms with Crippen LogP contribution in [0.4, 0.5) is 4.79 Å². The Hall–Kier alpha value is -4.42. The van der Waals surface area contributed by atoms with Crippen molar-refractivity contribution in [3.8, 4) is 0 Å². The molecule has 0 aliphatic rings. The van der Waals surface area contributed by atoms with Gasteiger partial charge in [0.05, 0.1) is 6.33 Å². The fourth-order valence-corrected chi connectivity index (χ4v) is 4.65. The number of hydrogen-bond donors (Lipinski definition) is 6. The summed E-state index contributed by atoms with van der Waals surface area (Å²) in [7, 11) is 0. The smallest absolute Gasteiger partial charge is 0.408 e. The highest BCUT2D eigenvalue weighted by molar-refractivity contribution is 5.94. The molecular formula is C32H48N6O7. The Labute approximate surface area is 264 Å². The average Bonchev–Trinajstić information content (AvgIpc) is 3.47. The van der Waals surface area contributed by atoms with E-state index in [4.69, 9.17) is 4.74 Å². The maximum Gasteiger partial charge on any atom is 0.408 e. The van der Waals surface area contributed by atoms with Crippen LogP contribution in [0.1, 0.15) is 72.1 Å². The lowest BCUT2D eigenvalue weighted by atomic mass is 9.99. The van der Waals surface area contributed by atoms with Crippen LogP contribution in [0.2, 0.25) is 0 Å². The number of imidazole rings is 1. The number of aromatic nitrogens is 2. The van der Waals surface area contributed by atoms with Crippen LogP contribution in [0.5, 0.6) is 0 Å². The number of benzene rings is 1. The lowest BCUT2D eigenvalue weighted by molar-refractivity contribution is -0.143. The SMILES string of the molecule is CC(C)C[C@H](NC(=O)[C@H](CC(C)C)NC(=O)[C@H](Cc1cnc[nH]1)NC(=O)[C@H](CC(C)C)NC(=O)OCc1ccccc1)C(=O)O. The molecule has 0 radical (unpaired) electrons. The molecule has 0 aliphatic heterocycles. The number of carbonyl (C=O) groups excluding carboxylic acids is 4. The molecule has 1 aromatic carbocycles. The fraction of sp³-hybridized carbons (Fsp3) is 0.562. The molecule has 248 valence electrons. The van der Waals surface area contributed by atoms with Gasteiger partial charge in [0.25, 0.3) is 0 Å². The zero-order valence-electron chi connectivity index (χ0n) is 27.0. The van der Waals surface area contributed by atoms with E-state index in [1.165, 1.54) is 12.5 Å². The zero-order valence-corrected chi connectivity index (χ0v) is 27.0. The Kier molecular flexibility index (Phi) is 15.0. The van der Waals surface area contributed by atoms with Gasteiger partial charge in [-0.2, -0.15) is 0 Å². The molecule has 0 fully saturated rings. The van der Waals surface area contributed by atoms with Gasteiger partial charge in [-0.15, -0.1) is 0 Å². The minimum atomic E-state index is -1.16. The van der Waals surface area contributed by atoms with Gasteiger partial charge in [-0.1, -0.05) is 71.9 Å². The second-order valence-corrected chi connectivity index (χ2v) is 12.5. The number of carbonyl (C=O) groups is 5. The van der Waals surface area contributed by atoms with E-state index in [0.29, 0.717) is 5.69 Å². The molecule has 45 heavy (non-hydrogen) atoms. The third-order valence-electron chi connectivity index (χ3n) is 6.80. The summed E-state index contributed by atoms with van der Waals surface area (Å²) in [5.41, 5.74) is 1.34. The van der Waals surface area contributed by atoms with Gasteiger partial charge in [0.1, 0.15) is 30.8 Å². The van der Waals surface area contributed by atoms with Crippen LogP contribution in [0.25, 0.3) is 0 Å². The van der Waals surface area contributed by atoms with Gasteiger partial charge >= 0.3 is 12.1 Å². The Bertz CT molecular complexity index is 1230. The second-order valence-electron chi connectivity index (χ2n) is 12.5. The number of ether oxygens (including phenoxy) is 1. The van der Waals surface area contributed by atoms with Crippen molar-refractivity contribution < 1.29 is 33.8 Å². The first-order chi connectivity index (χ1) is 21.2. The molecule has 13 heteroatoms. The largest absolute Gasteiger partial charge is 0.480 e. The molecule has 0 aliphatic carbocycles. The third kappa shape index (κ3) is 13.8. The number of aromatic amines is 1. The van der Waals surface area contributed by atoms with Crippen LogP contribution in [-0.4, -0.2) is 69.0 Å². The van der Waals surface area contributed by atoms with E-state index in [0.717, 1.165) is 5.56 Å². The lowest BCUT2D eigenvalue weighted by Gasteiger charge is -2.27. The Morgan fingerprint density at radius 1 is 0.733 bits per heavy atom. The summed E-state index contributed by atoms with van der Waals surface area (Å²) in [6, 6.07) is 4.78. The quantitative estimate of drug-likeness (QED) is 0.145. The summed E-state index contributed by atoms with van der Waals surface area (Å²) >= 11 is 0. The van der Waals surface area contributed by atoms with Gasteiger partial charge in [0.15, 0.2) is 0 Å². The van der Waals surface area contributed by atoms with Gasteiger partial charge < -0.3 is 36.1 Å². The lowest BCUT2D eigenvalue weighted by Crippen LogP contribution is -2.58. The maximum absolute atomic E-state index is 13.7. The molecule has 1 aromatic heterocycles. The molecule has 0 saturated heterocycles. The minimum absolute atomic E-state index is 0.0153. The van der Waals surface area contributed by atoms with E-state index < -0.39 is 54.0 Å². The summed E-state index contributed by atoms with van der Waals surface area (Å²) in [4.78, 5) is 71.7. The van der Waals surface area contributed by atoms with E-state index in [1.807, 2.05) is 71.9 Å². The third-order valence-corrected chi connectivity index (χ3v) is 6.80. The molecule has 2 aromatic rings. The van der Waals surface area contributed by atoms with E-state index >= 15 is 0 Å². The summed E-state index contributed by atoms with van der Waals surface area (Å²) in [6.45, 7) is 11.3. The van der Waals surface area contributed by atoms with Crippen molar-refractivity contribution in [2.45, 2.75) is 98.0 Å². The topological polar surface area (TPSA) is 192 Å². The number of amides is 4. The Morgan fingerprint density at radius 3 is 1.73 bits per heavy atom. The molecule has 1 heterocycles. The highest BCUT2D eigenvalue weighted by Gasteiger charge is 2.32. The van der Waals surface area contributed by atoms with Crippen LogP contribution >= 0.6 is 0 Å². The minimum Gasteiger partial charge on any atom is -0.480 e. The highest BCUT2D eigenvalue weighted by atomic mass is 16.5. The second kappa shape index (κ2) is 18.4. The number of rotatable bonds is 18. The van der Waals surface area contributed by atoms with Crippen molar-refractivity contribution in [3.63, 3.8) is 0 Å². The van der Waals surface area contributed by atoms with Crippen LogP contribution in [0, 0.1) is 17.8 Å². The monoisotopic (exact) mass is 628 g/mol. The van der Waals surface area contributed by atoms with Crippen molar-refractivity contribution in [3.05, 3.63) is 54.1 Å². The molecule has 0 bridgehead atoms. The Morgan fingerprint density at radius 2 is 1.22 bits per heavy atom. The van der Waals surface area contributed by atoms with Crippen molar-refractivity contribution in [2.24, 2.45) is 17.8 Å². The van der Waals surface area contributed by atoms with Crippen molar-refractivity contribution >= 4 is 29.8 Å². The summed E-state index contributed by atoms with van der Waals surface area (Å²) in [5.74, 6) is -3.03. The van der Waals surface area contributed by atoms with Gasteiger partial charge in [-0.3, -0.25) is 14.4 Å². The molecule has 13 nitrogen and oxygen atoms in total. The predicted octanol–water partition coefficient (Wildman–Crippen LogP) is 2.92. The van der Waals surface area contributed by atoms with Gasteiger partial charge in [-0.05, 0) is 42.6 Å². The number of aliphatic carboxylic acids is 1. The standard InChI is InChI=1S/C32H48N6O7/c1-19(2)12-24(28(39)37-27(31(42)43)14-21(5)6)35-30(41)26(15-23-16-33-18-34-23)36-29(40)25(13-20(3)4)38-32(44)45-17-22-10-8-7-9-11-22/h7-11,16,18-21,24-27H,12-15,17H2,1-6H3,(H,33,34)(H,35,41)(H,36,40)(H,37,39)(H,38,44)(H,42,43)/t24-,25-,26-,27-/m0/s1. The number of alkyl carbamates (subject to hydrolysis) is 1. The molecular weight excluding hydrogens is 580 g/mol. The molecule has 0 spiro atoms. The number of nitrogens with one attached hydrogen (secondary N) is 5. The van der Waals surface area contributed by atoms with Crippen molar-refractivity contribution in [1.82, 2.24) is 31.2 Å². The average molecular weight is 629 g/mol. The first-order valence-electron chi connectivity index (χ1n) is 15.3. The predicted molar refractivity (Wildman–Crippen MR) is 168 cm³/mol. The van der Waals surface area contributed by atoms with Crippen LogP contribution in [0.3, 0.4) is 0 Å². The number of nitrogens with zero attached hydrogens (tertiary/aromatic N) is 1. The van der Waals surface area contributed by atoms with Crippen LogP contribution in [-0.2, 0) is 36.9 Å². The number of carboxylic acid groups (broad SMARTS) is 1. The first-order valence-corrected chi connectivity index (χ1v) is 15.3. The summed E-state index contributed by atoms with van der Waals surface area (Å²) in [6.07, 6.45) is 2.92. The molecule has 4 atom stereocenters. The van der Waals surface area contributed by atoms with E-state index in [2.05, 4.69) is 31.2 Å².